The molecule has 1 saturated carbocycles. The van der Waals surface area contributed by atoms with Crippen LogP contribution in [0.1, 0.15) is 51.0 Å². The van der Waals surface area contributed by atoms with Gasteiger partial charge in [-0.05, 0) is 62.3 Å². The summed E-state index contributed by atoms with van der Waals surface area (Å²) in [7, 11) is 0. The molecule has 6 heteroatoms. The van der Waals surface area contributed by atoms with E-state index in [0.29, 0.717) is 25.1 Å². The zero-order valence-corrected chi connectivity index (χ0v) is 14.1. The number of benzene rings is 1. The lowest BCUT2D eigenvalue weighted by atomic mass is 10.1. The number of ether oxygens (including phenoxy) is 1. The van der Waals surface area contributed by atoms with Gasteiger partial charge in [-0.3, -0.25) is 4.79 Å². The Hall–Kier alpha value is -1.69. The molecule has 0 aromatic heterocycles. The van der Waals surface area contributed by atoms with Crippen molar-refractivity contribution in [2.75, 3.05) is 12.3 Å². The molecular weight excluding hydrogens is 314 g/mol. The van der Waals surface area contributed by atoms with Crippen LogP contribution in [-0.2, 0) is 16.1 Å². The van der Waals surface area contributed by atoms with Crippen LogP contribution in [0.4, 0.5) is 14.5 Å². The highest BCUT2D eigenvalue weighted by Crippen LogP contribution is 2.22. The van der Waals surface area contributed by atoms with Crippen LogP contribution in [0.5, 0.6) is 0 Å². The Balaban J connectivity index is 1.64. The van der Waals surface area contributed by atoms with Gasteiger partial charge in [0.25, 0.3) is 0 Å². The largest absolute Gasteiger partial charge is 0.462 e. The first kappa shape index (κ1) is 18.6. The highest BCUT2D eigenvalue weighted by Gasteiger charge is 2.19. The van der Waals surface area contributed by atoms with Gasteiger partial charge < -0.3 is 15.8 Å². The summed E-state index contributed by atoms with van der Waals surface area (Å²) in [4.78, 5) is 11.8. The molecule has 1 atom stereocenters. The first-order chi connectivity index (χ1) is 11.5. The Kier molecular flexibility index (Phi) is 6.97. The molecule has 134 valence electrons. The molecular formula is C18H26F2N2O2. The second-order valence-electron chi connectivity index (χ2n) is 6.64. The molecule has 1 aliphatic rings. The van der Waals surface area contributed by atoms with Crippen molar-refractivity contribution in [3.63, 3.8) is 0 Å². The fourth-order valence-electron chi connectivity index (χ4n) is 2.92. The average molecular weight is 340 g/mol. The van der Waals surface area contributed by atoms with Gasteiger partial charge in [-0.15, -0.1) is 0 Å². The average Bonchev–Trinajstić information content (AvgIpc) is 3.03. The van der Waals surface area contributed by atoms with Crippen LogP contribution in [0.3, 0.4) is 0 Å². The lowest BCUT2D eigenvalue weighted by Crippen LogP contribution is -2.22. The Bertz CT molecular complexity index is 537. The number of rotatable bonds is 8. The fourth-order valence-corrected chi connectivity index (χ4v) is 2.92. The van der Waals surface area contributed by atoms with Crippen molar-refractivity contribution in [2.24, 2.45) is 5.92 Å². The normalized spacial score (nSPS) is 16.3. The van der Waals surface area contributed by atoms with Gasteiger partial charge in [0.2, 0.25) is 0 Å². The third kappa shape index (κ3) is 5.74. The van der Waals surface area contributed by atoms with E-state index in [2.05, 4.69) is 5.32 Å². The van der Waals surface area contributed by atoms with Crippen molar-refractivity contribution in [3.05, 3.63) is 29.3 Å². The number of nitrogens with one attached hydrogen (secondary N) is 1. The van der Waals surface area contributed by atoms with Gasteiger partial charge in [0.05, 0.1) is 0 Å². The molecule has 1 fully saturated rings. The Morgan fingerprint density at radius 2 is 1.96 bits per heavy atom. The molecule has 1 aliphatic carbocycles. The van der Waals surface area contributed by atoms with Crippen LogP contribution in [0.15, 0.2) is 12.1 Å². The minimum Gasteiger partial charge on any atom is -0.462 e. The second kappa shape index (κ2) is 8.97. The SMILES string of the molecule is CC(CCC(=O)OC1CCCC1)CNCc1cc(F)c(N)c(F)c1. The Morgan fingerprint density at radius 1 is 1.33 bits per heavy atom. The maximum absolute atomic E-state index is 13.4. The number of hydrogen-bond acceptors (Lipinski definition) is 4. The smallest absolute Gasteiger partial charge is 0.306 e. The molecule has 1 unspecified atom stereocenters. The molecule has 3 N–H and O–H groups in total. The lowest BCUT2D eigenvalue weighted by Gasteiger charge is -2.14. The zero-order chi connectivity index (χ0) is 17.5. The summed E-state index contributed by atoms with van der Waals surface area (Å²) in [5.41, 5.74) is 5.30. The van der Waals surface area contributed by atoms with E-state index < -0.39 is 17.3 Å². The standard InChI is InChI=1S/C18H26F2N2O2/c1-12(6-7-17(23)24-14-4-2-3-5-14)10-22-11-13-8-15(19)18(21)16(20)9-13/h8-9,12,14,22H,2-7,10-11,21H2,1H3. The van der Waals surface area contributed by atoms with E-state index in [4.69, 9.17) is 10.5 Å². The zero-order valence-electron chi connectivity index (χ0n) is 14.1. The van der Waals surface area contributed by atoms with Crippen LogP contribution in [0.25, 0.3) is 0 Å². The summed E-state index contributed by atoms with van der Waals surface area (Å²) in [6.07, 6.45) is 5.50. The Labute approximate surface area is 141 Å². The maximum atomic E-state index is 13.4. The predicted molar refractivity (Wildman–Crippen MR) is 89.2 cm³/mol. The minimum absolute atomic E-state index is 0.112. The highest BCUT2D eigenvalue weighted by molar-refractivity contribution is 5.69. The summed E-state index contributed by atoms with van der Waals surface area (Å²) in [6.45, 7) is 3.04. The van der Waals surface area contributed by atoms with Gasteiger partial charge in [0, 0.05) is 13.0 Å². The van der Waals surface area contributed by atoms with E-state index in [9.17, 15) is 13.6 Å². The summed E-state index contributed by atoms with van der Waals surface area (Å²) in [6, 6.07) is 2.46. The molecule has 1 aromatic carbocycles. The number of esters is 1. The van der Waals surface area contributed by atoms with Gasteiger partial charge in [0.1, 0.15) is 23.4 Å². The van der Waals surface area contributed by atoms with Gasteiger partial charge in [-0.1, -0.05) is 6.92 Å². The quantitative estimate of drug-likeness (QED) is 0.561. The molecule has 0 aliphatic heterocycles. The predicted octanol–water partition coefficient (Wildman–Crippen LogP) is 3.54. The van der Waals surface area contributed by atoms with E-state index in [1.54, 1.807) is 0 Å². The number of nitrogen functional groups attached to an aromatic ring is 1. The van der Waals surface area contributed by atoms with E-state index in [1.165, 1.54) is 12.1 Å². The van der Waals surface area contributed by atoms with Gasteiger partial charge in [0.15, 0.2) is 0 Å². The van der Waals surface area contributed by atoms with Crippen molar-refractivity contribution in [2.45, 2.75) is 58.1 Å². The second-order valence-corrected chi connectivity index (χ2v) is 6.64. The van der Waals surface area contributed by atoms with Crippen LogP contribution in [0, 0.1) is 17.6 Å². The maximum Gasteiger partial charge on any atom is 0.306 e. The molecule has 0 heterocycles. The third-order valence-electron chi connectivity index (χ3n) is 4.40. The fraction of sp³-hybridized carbons (Fsp3) is 0.611. The first-order valence-electron chi connectivity index (χ1n) is 8.59. The van der Waals surface area contributed by atoms with Crippen molar-refractivity contribution >= 4 is 11.7 Å². The van der Waals surface area contributed by atoms with Gasteiger partial charge >= 0.3 is 5.97 Å². The van der Waals surface area contributed by atoms with Crippen molar-refractivity contribution in [3.8, 4) is 0 Å². The first-order valence-corrected chi connectivity index (χ1v) is 8.59. The number of hydrogen-bond donors (Lipinski definition) is 2. The molecule has 0 spiro atoms. The highest BCUT2D eigenvalue weighted by atomic mass is 19.1. The molecule has 24 heavy (non-hydrogen) atoms. The van der Waals surface area contributed by atoms with Crippen molar-refractivity contribution in [1.82, 2.24) is 5.32 Å². The number of halogens is 2. The molecule has 2 rings (SSSR count). The van der Waals surface area contributed by atoms with E-state index in [0.717, 1.165) is 32.1 Å². The third-order valence-corrected chi connectivity index (χ3v) is 4.40. The van der Waals surface area contributed by atoms with E-state index in [1.807, 2.05) is 6.92 Å². The van der Waals surface area contributed by atoms with Crippen LogP contribution >= 0.6 is 0 Å². The molecule has 0 amide bonds. The van der Waals surface area contributed by atoms with Crippen molar-refractivity contribution < 1.29 is 18.3 Å². The molecule has 0 bridgehead atoms. The monoisotopic (exact) mass is 340 g/mol. The topological polar surface area (TPSA) is 64.3 Å². The number of nitrogens with two attached hydrogens (primary N) is 1. The van der Waals surface area contributed by atoms with Crippen LogP contribution < -0.4 is 11.1 Å². The molecule has 0 saturated heterocycles. The van der Waals surface area contributed by atoms with Gasteiger partial charge in [-0.2, -0.15) is 0 Å². The van der Waals surface area contributed by atoms with Crippen molar-refractivity contribution in [1.29, 1.82) is 0 Å². The Morgan fingerprint density at radius 3 is 2.58 bits per heavy atom. The summed E-state index contributed by atoms with van der Waals surface area (Å²) < 4.78 is 32.1. The minimum atomic E-state index is -0.741. The summed E-state index contributed by atoms with van der Waals surface area (Å²) in [5.74, 6) is -1.34. The number of anilines is 1. The lowest BCUT2D eigenvalue weighted by molar-refractivity contribution is -0.149. The van der Waals surface area contributed by atoms with E-state index >= 15 is 0 Å². The molecule has 1 aromatic rings. The van der Waals surface area contributed by atoms with Crippen LogP contribution in [0.2, 0.25) is 0 Å². The molecule has 0 radical (unpaired) electrons. The molecule has 4 nitrogen and oxygen atoms in total. The summed E-state index contributed by atoms with van der Waals surface area (Å²) >= 11 is 0. The van der Waals surface area contributed by atoms with E-state index in [-0.39, 0.29) is 18.0 Å². The van der Waals surface area contributed by atoms with Crippen LogP contribution in [-0.4, -0.2) is 18.6 Å². The van der Waals surface area contributed by atoms with Gasteiger partial charge in [-0.25, -0.2) is 8.78 Å². The summed E-state index contributed by atoms with van der Waals surface area (Å²) in [5, 5.41) is 3.15. The number of carbonyl (C=O) groups is 1. The number of carbonyl (C=O) groups excluding carboxylic acids is 1.